The molecule has 3 nitrogen and oxygen atoms in total. The van der Waals surface area contributed by atoms with E-state index in [1.807, 2.05) is 0 Å². The third-order valence-corrected chi connectivity index (χ3v) is 3.28. The van der Waals surface area contributed by atoms with Crippen molar-refractivity contribution in [3.8, 4) is 5.75 Å². The molecule has 1 N–H and O–H groups in total. The van der Waals surface area contributed by atoms with Crippen LogP contribution in [-0.2, 0) is 4.79 Å². The minimum absolute atomic E-state index is 0.0559. The SMILES string of the molecule is O=C(O)C1=Cc2ccc3ccccc3c2OC1C(F)(F)F. The predicted molar refractivity (Wildman–Crippen MR) is 70.0 cm³/mol. The molecule has 0 spiro atoms. The van der Waals surface area contributed by atoms with E-state index < -0.39 is 23.8 Å². The largest absolute Gasteiger partial charge is 0.478 e. The first-order chi connectivity index (χ1) is 9.88. The van der Waals surface area contributed by atoms with Crippen molar-refractivity contribution in [3.63, 3.8) is 0 Å². The first kappa shape index (κ1) is 13.5. The van der Waals surface area contributed by atoms with E-state index in [0.29, 0.717) is 10.9 Å². The van der Waals surface area contributed by atoms with Crippen molar-refractivity contribution in [1.82, 2.24) is 0 Å². The summed E-state index contributed by atoms with van der Waals surface area (Å²) in [5.74, 6) is -1.59. The zero-order valence-electron chi connectivity index (χ0n) is 10.5. The van der Waals surface area contributed by atoms with Gasteiger partial charge in [0, 0.05) is 10.9 Å². The van der Waals surface area contributed by atoms with Crippen molar-refractivity contribution in [3.05, 3.63) is 47.5 Å². The number of ether oxygens (including phenoxy) is 1. The van der Waals surface area contributed by atoms with E-state index in [9.17, 15) is 18.0 Å². The average Bonchev–Trinajstić information content (AvgIpc) is 2.44. The molecule has 1 heterocycles. The molecule has 0 aliphatic carbocycles. The molecule has 0 radical (unpaired) electrons. The number of carbonyl (C=O) groups is 1. The second-order valence-electron chi connectivity index (χ2n) is 4.65. The third-order valence-electron chi connectivity index (χ3n) is 3.28. The number of hydrogen-bond acceptors (Lipinski definition) is 2. The lowest BCUT2D eigenvalue weighted by Gasteiger charge is -2.27. The van der Waals surface area contributed by atoms with Gasteiger partial charge < -0.3 is 9.84 Å². The van der Waals surface area contributed by atoms with Crippen LogP contribution < -0.4 is 4.74 Å². The Hall–Kier alpha value is -2.50. The molecule has 1 unspecified atom stereocenters. The van der Waals surface area contributed by atoms with Crippen LogP contribution in [0.5, 0.6) is 5.75 Å². The summed E-state index contributed by atoms with van der Waals surface area (Å²) in [6, 6.07) is 10.1. The number of halogens is 3. The van der Waals surface area contributed by atoms with Gasteiger partial charge in [-0.1, -0.05) is 36.4 Å². The first-order valence-electron chi connectivity index (χ1n) is 6.08. The van der Waals surface area contributed by atoms with Gasteiger partial charge in [0.15, 0.2) is 0 Å². The van der Waals surface area contributed by atoms with Gasteiger partial charge in [-0.25, -0.2) is 4.79 Å². The maximum atomic E-state index is 13.0. The number of alkyl halides is 3. The van der Waals surface area contributed by atoms with Crippen molar-refractivity contribution in [2.24, 2.45) is 0 Å². The minimum atomic E-state index is -4.79. The van der Waals surface area contributed by atoms with Crippen molar-refractivity contribution < 1.29 is 27.8 Å². The molecular formula is C15H9F3O3. The highest BCUT2D eigenvalue weighted by atomic mass is 19.4. The summed E-state index contributed by atoms with van der Waals surface area (Å²) < 4.78 is 44.1. The van der Waals surface area contributed by atoms with E-state index in [2.05, 4.69) is 0 Å². The maximum absolute atomic E-state index is 13.0. The summed E-state index contributed by atoms with van der Waals surface area (Å²) in [6.07, 6.45) is -6.24. The molecule has 0 fully saturated rings. The van der Waals surface area contributed by atoms with E-state index in [1.54, 1.807) is 36.4 Å². The number of aliphatic carboxylic acids is 1. The molecule has 108 valence electrons. The molecule has 3 rings (SSSR count). The van der Waals surface area contributed by atoms with E-state index in [1.165, 1.54) is 0 Å². The Balaban J connectivity index is 2.24. The zero-order valence-corrected chi connectivity index (χ0v) is 10.5. The highest BCUT2D eigenvalue weighted by molar-refractivity contribution is 5.99. The number of rotatable bonds is 1. The molecule has 0 bridgehead atoms. The molecule has 0 aromatic heterocycles. The molecule has 1 aliphatic rings. The summed E-state index contributed by atoms with van der Waals surface area (Å²) >= 11 is 0. The fourth-order valence-electron chi connectivity index (χ4n) is 2.35. The fraction of sp³-hybridized carbons (Fsp3) is 0.133. The molecule has 0 saturated heterocycles. The summed E-state index contributed by atoms with van der Waals surface area (Å²) in [7, 11) is 0. The molecule has 21 heavy (non-hydrogen) atoms. The Morgan fingerprint density at radius 1 is 1.14 bits per heavy atom. The summed E-state index contributed by atoms with van der Waals surface area (Å²) in [5, 5.41) is 10.2. The van der Waals surface area contributed by atoms with Crippen molar-refractivity contribution in [2.75, 3.05) is 0 Å². The fourth-order valence-corrected chi connectivity index (χ4v) is 2.35. The van der Waals surface area contributed by atoms with Gasteiger partial charge in [-0.05, 0) is 11.5 Å². The average molecular weight is 294 g/mol. The maximum Gasteiger partial charge on any atom is 0.430 e. The topological polar surface area (TPSA) is 46.5 Å². The van der Waals surface area contributed by atoms with Crippen LogP contribution in [0.4, 0.5) is 13.2 Å². The quantitative estimate of drug-likeness (QED) is 0.873. The van der Waals surface area contributed by atoms with Crippen LogP contribution in [0, 0.1) is 0 Å². The minimum Gasteiger partial charge on any atom is -0.478 e. The summed E-state index contributed by atoms with van der Waals surface area (Å²) in [5.41, 5.74) is -0.489. The van der Waals surface area contributed by atoms with Crippen LogP contribution in [0.25, 0.3) is 16.8 Å². The van der Waals surface area contributed by atoms with Crippen LogP contribution in [0.1, 0.15) is 5.56 Å². The highest BCUT2D eigenvalue weighted by Gasteiger charge is 2.48. The van der Waals surface area contributed by atoms with Crippen molar-refractivity contribution in [2.45, 2.75) is 12.3 Å². The van der Waals surface area contributed by atoms with Crippen molar-refractivity contribution >= 4 is 22.8 Å². The van der Waals surface area contributed by atoms with Crippen LogP contribution >= 0.6 is 0 Å². The van der Waals surface area contributed by atoms with Gasteiger partial charge in [-0.3, -0.25) is 0 Å². The Labute approximate surface area is 117 Å². The van der Waals surface area contributed by atoms with E-state index >= 15 is 0 Å². The van der Waals surface area contributed by atoms with Gasteiger partial charge in [0.25, 0.3) is 0 Å². The van der Waals surface area contributed by atoms with Crippen molar-refractivity contribution in [1.29, 1.82) is 0 Å². The molecule has 6 heteroatoms. The van der Waals surface area contributed by atoms with E-state index in [4.69, 9.17) is 9.84 Å². The van der Waals surface area contributed by atoms with Crippen LogP contribution in [0.3, 0.4) is 0 Å². The van der Waals surface area contributed by atoms with Gasteiger partial charge in [0.1, 0.15) is 5.75 Å². The number of carboxylic acid groups (broad SMARTS) is 1. The Morgan fingerprint density at radius 2 is 1.86 bits per heavy atom. The van der Waals surface area contributed by atoms with Gasteiger partial charge >= 0.3 is 12.1 Å². The van der Waals surface area contributed by atoms with Gasteiger partial charge in [-0.15, -0.1) is 0 Å². The number of carboxylic acids is 1. The Morgan fingerprint density at radius 3 is 2.52 bits per heavy atom. The molecule has 0 amide bonds. The van der Waals surface area contributed by atoms with Gasteiger partial charge in [-0.2, -0.15) is 13.2 Å². The molecule has 0 saturated carbocycles. The molecular weight excluding hydrogens is 285 g/mol. The Bertz CT molecular complexity index is 762. The summed E-state index contributed by atoms with van der Waals surface area (Å²) in [4.78, 5) is 11.0. The highest BCUT2D eigenvalue weighted by Crippen LogP contribution is 2.40. The van der Waals surface area contributed by atoms with Gasteiger partial charge in [0.05, 0.1) is 5.57 Å². The second kappa shape index (κ2) is 4.51. The van der Waals surface area contributed by atoms with Gasteiger partial charge in [0.2, 0.25) is 6.10 Å². The van der Waals surface area contributed by atoms with Crippen LogP contribution in [0.2, 0.25) is 0 Å². The van der Waals surface area contributed by atoms with Crippen LogP contribution in [0.15, 0.2) is 42.0 Å². The number of hydrogen-bond donors (Lipinski definition) is 1. The predicted octanol–water partition coefficient (Wildman–Crippen LogP) is 3.63. The normalized spacial score (nSPS) is 17.9. The van der Waals surface area contributed by atoms with E-state index in [-0.39, 0.29) is 5.75 Å². The van der Waals surface area contributed by atoms with Crippen LogP contribution in [-0.4, -0.2) is 23.4 Å². The standard InChI is InChI=1S/C15H9F3O3/c16-15(17,18)13-11(14(19)20)7-9-6-5-8-3-1-2-4-10(8)12(9)21-13/h1-7,13H,(H,19,20). The third kappa shape index (κ3) is 2.22. The first-order valence-corrected chi connectivity index (χ1v) is 6.08. The molecule has 2 aromatic rings. The van der Waals surface area contributed by atoms with E-state index in [0.717, 1.165) is 11.5 Å². The Kier molecular flexibility index (Phi) is 2.90. The molecule has 1 atom stereocenters. The number of benzene rings is 2. The molecule has 1 aliphatic heterocycles. The number of fused-ring (bicyclic) bond motifs is 3. The monoisotopic (exact) mass is 294 g/mol. The lowest BCUT2D eigenvalue weighted by atomic mass is 9.98. The second-order valence-corrected chi connectivity index (χ2v) is 4.65. The lowest BCUT2D eigenvalue weighted by Crippen LogP contribution is -2.40. The molecule has 2 aromatic carbocycles. The lowest BCUT2D eigenvalue weighted by molar-refractivity contribution is -0.186. The summed E-state index contributed by atoms with van der Waals surface area (Å²) in [6.45, 7) is 0. The smallest absolute Gasteiger partial charge is 0.430 e. The zero-order chi connectivity index (χ0) is 15.2.